The largest absolute Gasteiger partial charge is 0.478 e. The quantitative estimate of drug-likeness (QED) is 0.605. The fourth-order valence-corrected chi connectivity index (χ4v) is 4.60. The Balaban J connectivity index is 2.36. The Morgan fingerprint density at radius 3 is 2.23 bits per heavy atom. The zero-order chi connectivity index (χ0) is 22.4. The molecular weight excluding hydrogens is 423 g/mol. The number of carboxylic acids is 1. The predicted octanol–water partition coefficient (Wildman–Crippen LogP) is 6.22. The summed E-state index contributed by atoms with van der Waals surface area (Å²) in [6, 6.07) is 10.9. The number of hydrogen-bond acceptors (Lipinski definition) is 3. The highest BCUT2D eigenvalue weighted by atomic mass is 35.5. The first-order valence-electron chi connectivity index (χ1n) is 9.70. The van der Waals surface area contributed by atoms with Crippen molar-refractivity contribution in [2.45, 2.75) is 52.2 Å². The summed E-state index contributed by atoms with van der Waals surface area (Å²) in [5, 5.41) is 11.0. The number of carbonyl (C=O) groups is 2. The van der Waals surface area contributed by atoms with Crippen molar-refractivity contribution in [1.82, 2.24) is 0 Å². The van der Waals surface area contributed by atoms with Crippen LogP contribution in [0.4, 0.5) is 0 Å². The van der Waals surface area contributed by atoms with Crippen molar-refractivity contribution in [1.29, 1.82) is 0 Å². The summed E-state index contributed by atoms with van der Waals surface area (Å²) in [5.74, 6) is -1.52. The highest BCUT2D eigenvalue weighted by Crippen LogP contribution is 2.43. The second-order valence-electron chi connectivity index (χ2n) is 8.36. The number of rotatable bonds is 4. The first kappa shape index (κ1) is 22.5. The summed E-state index contributed by atoms with van der Waals surface area (Å²) in [5.41, 5.74) is 0.839. The molecule has 6 heteroatoms. The van der Waals surface area contributed by atoms with E-state index < -0.39 is 17.2 Å². The molecule has 0 spiro atoms. The molecule has 3 rings (SSSR count). The third-order valence-corrected chi connectivity index (χ3v) is 5.90. The number of ketones is 1. The topological polar surface area (TPSA) is 63.6 Å². The van der Waals surface area contributed by atoms with Crippen LogP contribution in [0.25, 0.3) is 16.7 Å². The van der Waals surface area contributed by atoms with Gasteiger partial charge in [-0.25, -0.2) is 4.79 Å². The smallest absolute Gasteiger partial charge is 0.335 e. The van der Waals surface area contributed by atoms with E-state index in [0.717, 1.165) is 16.7 Å². The lowest BCUT2D eigenvalue weighted by Gasteiger charge is -2.42. The summed E-state index contributed by atoms with van der Waals surface area (Å²) in [4.78, 5) is 25.6. The van der Waals surface area contributed by atoms with E-state index in [2.05, 4.69) is 0 Å². The van der Waals surface area contributed by atoms with Crippen LogP contribution in [0.1, 0.15) is 45.7 Å². The van der Waals surface area contributed by atoms with Crippen molar-refractivity contribution in [3.05, 3.63) is 63.1 Å². The lowest BCUT2D eigenvalue weighted by molar-refractivity contribution is -0.158. The molecule has 0 aliphatic carbocycles. The maximum absolute atomic E-state index is 13.4. The van der Waals surface area contributed by atoms with Gasteiger partial charge in [0, 0.05) is 21.2 Å². The fourth-order valence-electron chi connectivity index (χ4n) is 4.08. The number of halogens is 2. The lowest BCUT2D eigenvalue weighted by Crippen LogP contribution is -2.51. The molecule has 0 saturated heterocycles. The lowest BCUT2D eigenvalue weighted by atomic mass is 9.77. The molecule has 4 nitrogen and oxygen atoms in total. The Hall–Kier alpha value is -2.14. The molecule has 0 aromatic heterocycles. The molecule has 2 aromatic carbocycles. The third-order valence-electron chi connectivity index (χ3n) is 5.35. The number of aliphatic carboxylic acids is 1. The summed E-state index contributed by atoms with van der Waals surface area (Å²) in [6.45, 7) is 8.66. The number of benzene rings is 2. The number of Topliss-reactive ketones (excluding diaryl/α,β-unsaturated/α-hetero) is 1. The second-order valence-corrected chi connectivity index (χ2v) is 9.20. The predicted molar refractivity (Wildman–Crippen MR) is 120 cm³/mol. The van der Waals surface area contributed by atoms with Crippen LogP contribution >= 0.6 is 23.2 Å². The van der Waals surface area contributed by atoms with Crippen molar-refractivity contribution in [2.24, 2.45) is 0 Å². The van der Waals surface area contributed by atoms with E-state index in [9.17, 15) is 14.7 Å². The summed E-state index contributed by atoms with van der Waals surface area (Å²) < 4.78 is 5.90. The fraction of sp³-hybridized carbons (Fsp3) is 0.333. The first-order chi connectivity index (χ1) is 13.9. The standard InChI is InChI=1S/C24H24Cl2O4/c1-6-13-7-8-14(16-10-9-15(25)12-18(16)26)11-17(13)19-20(22(28)29)23(2,3)30-24(4,5)21(19)27/h7-12H,6H2,1-5H3,(H,28,29). The molecule has 2 aromatic rings. The first-order valence-corrected chi connectivity index (χ1v) is 10.5. The Morgan fingerprint density at radius 1 is 1.00 bits per heavy atom. The number of aryl methyl sites for hydroxylation is 1. The van der Waals surface area contributed by atoms with Gasteiger partial charge >= 0.3 is 5.97 Å². The molecule has 158 valence electrons. The van der Waals surface area contributed by atoms with E-state index in [1.807, 2.05) is 31.2 Å². The van der Waals surface area contributed by atoms with Crippen LogP contribution < -0.4 is 0 Å². The van der Waals surface area contributed by atoms with E-state index in [1.54, 1.807) is 39.8 Å². The molecule has 1 aliphatic heterocycles. The van der Waals surface area contributed by atoms with Crippen LogP contribution in [0.3, 0.4) is 0 Å². The van der Waals surface area contributed by atoms with E-state index in [4.69, 9.17) is 27.9 Å². The number of carbonyl (C=O) groups excluding carboxylic acids is 1. The molecule has 30 heavy (non-hydrogen) atoms. The zero-order valence-electron chi connectivity index (χ0n) is 17.6. The van der Waals surface area contributed by atoms with Crippen molar-refractivity contribution in [3.8, 4) is 11.1 Å². The van der Waals surface area contributed by atoms with Gasteiger partial charge in [0.2, 0.25) is 0 Å². The number of hydrogen-bond donors (Lipinski definition) is 1. The SMILES string of the molecule is CCc1ccc(-c2ccc(Cl)cc2Cl)cc1C1=C(C(=O)O)C(C)(C)OC(C)(C)C1=O. The molecular formula is C24H24Cl2O4. The van der Waals surface area contributed by atoms with Gasteiger partial charge in [0.05, 0.1) is 11.2 Å². The van der Waals surface area contributed by atoms with Crippen LogP contribution in [-0.2, 0) is 20.7 Å². The van der Waals surface area contributed by atoms with E-state index in [1.165, 1.54) is 0 Å². The summed E-state index contributed by atoms with van der Waals surface area (Å²) in [6.07, 6.45) is 0.634. The zero-order valence-corrected chi connectivity index (χ0v) is 19.1. The van der Waals surface area contributed by atoms with Gasteiger partial charge in [-0.15, -0.1) is 0 Å². The normalized spacial score (nSPS) is 17.9. The highest BCUT2D eigenvalue weighted by Gasteiger charge is 2.49. The van der Waals surface area contributed by atoms with E-state index >= 15 is 0 Å². The van der Waals surface area contributed by atoms with Gasteiger partial charge in [-0.05, 0) is 69.0 Å². The van der Waals surface area contributed by atoms with Crippen LogP contribution in [-0.4, -0.2) is 28.1 Å². The number of ether oxygens (including phenoxy) is 1. The third kappa shape index (κ3) is 3.92. The highest BCUT2D eigenvalue weighted by molar-refractivity contribution is 6.36. The van der Waals surface area contributed by atoms with Crippen LogP contribution in [0, 0.1) is 0 Å². The minimum Gasteiger partial charge on any atom is -0.478 e. The van der Waals surface area contributed by atoms with Crippen LogP contribution in [0.5, 0.6) is 0 Å². The van der Waals surface area contributed by atoms with Crippen molar-refractivity contribution in [2.75, 3.05) is 0 Å². The van der Waals surface area contributed by atoms with Crippen molar-refractivity contribution in [3.63, 3.8) is 0 Å². The van der Waals surface area contributed by atoms with Crippen molar-refractivity contribution < 1.29 is 19.4 Å². The van der Waals surface area contributed by atoms with Gasteiger partial charge in [0.25, 0.3) is 0 Å². The average molecular weight is 447 g/mol. The van der Waals surface area contributed by atoms with Crippen molar-refractivity contribution >= 4 is 40.5 Å². The van der Waals surface area contributed by atoms with Gasteiger partial charge in [0.15, 0.2) is 5.78 Å². The maximum Gasteiger partial charge on any atom is 0.335 e. The molecule has 0 bridgehead atoms. The Labute approximate surface area is 186 Å². The average Bonchev–Trinajstić information content (AvgIpc) is 2.62. The molecule has 0 unspecified atom stereocenters. The van der Waals surface area contributed by atoms with Gasteiger partial charge in [-0.1, -0.05) is 48.3 Å². The summed E-state index contributed by atoms with van der Waals surface area (Å²) >= 11 is 12.4. The van der Waals surface area contributed by atoms with Crippen LogP contribution in [0.2, 0.25) is 10.0 Å². The molecule has 0 radical (unpaired) electrons. The van der Waals surface area contributed by atoms with Gasteiger partial charge in [-0.2, -0.15) is 0 Å². The molecule has 1 N–H and O–H groups in total. The molecule has 0 fully saturated rings. The Kier molecular flexibility index (Phi) is 5.89. The van der Waals surface area contributed by atoms with Gasteiger partial charge in [-0.3, -0.25) is 4.79 Å². The minimum atomic E-state index is -1.17. The molecule has 0 saturated carbocycles. The number of carboxylic acid groups (broad SMARTS) is 1. The minimum absolute atomic E-state index is 0.0409. The Bertz CT molecular complexity index is 1080. The van der Waals surface area contributed by atoms with Gasteiger partial charge in [0.1, 0.15) is 5.60 Å². The molecule has 1 heterocycles. The monoisotopic (exact) mass is 446 g/mol. The Morgan fingerprint density at radius 2 is 1.67 bits per heavy atom. The van der Waals surface area contributed by atoms with E-state index in [-0.39, 0.29) is 16.9 Å². The molecule has 0 amide bonds. The van der Waals surface area contributed by atoms with Crippen LogP contribution in [0.15, 0.2) is 42.0 Å². The second kappa shape index (κ2) is 7.84. The van der Waals surface area contributed by atoms with E-state index in [0.29, 0.717) is 22.0 Å². The molecule has 0 atom stereocenters. The maximum atomic E-state index is 13.4. The van der Waals surface area contributed by atoms with Gasteiger partial charge < -0.3 is 9.84 Å². The molecule has 1 aliphatic rings. The summed E-state index contributed by atoms with van der Waals surface area (Å²) in [7, 11) is 0.